The van der Waals surface area contributed by atoms with Crippen molar-refractivity contribution in [3.05, 3.63) is 29.3 Å². The Morgan fingerprint density at radius 1 is 1.10 bits per heavy atom. The Kier molecular flexibility index (Phi) is 4.58. The number of likely N-dealkylation sites (tertiary alicyclic amines) is 1. The van der Waals surface area contributed by atoms with Gasteiger partial charge in [-0.1, -0.05) is 12.1 Å². The van der Waals surface area contributed by atoms with Crippen molar-refractivity contribution in [3.63, 3.8) is 0 Å². The Balaban J connectivity index is 1.65. The summed E-state index contributed by atoms with van der Waals surface area (Å²) in [5, 5.41) is 0. The third-order valence-electron chi connectivity index (χ3n) is 4.71. The van der Waals surface area contributed by atoms with Gasteiger partial charge in [-0.15, -0.1) is 0 Å². The van der Waals surface area contributed by atoms with Crippen LogP contribution in [0, 0.1) is 0 Å². The molecule has 1 heterocycles. The summed E-state index contributed by atoms with van der Waals surface area (Å²) in [4.78, 5) is 2.48. The molecule has 0 aromatic heterocycles. The van der Waals surface area contributed by atoms with E-state index in [-0.39, 0.29) is 0 Å². The molecule has 2 N–H and O–H groups in total. The SMILES string of the molecule is NCC(COc1cccc2c1CCCC2)N1CCCC1. The zero-order valence-electron chi connectivity index (χ0n) is 12.3. The lowest BCUT2D eigenvalue weighted by molar-refractivity contribution is 0.163. The molecule has 1 aliphatic heterocycles. The molecule has 110 valence electrons. The van der Waals surface area contributed by atoms with Gasteiger partial charge >= 0.3 is 0 Å². The van der Waals surface area contributed by atoms with Crippen molar-refractivity contribution in [2.24, 2.45) is 5.73 Å². The van der Waals surface area contributed by atoms with E-state index in [9.17, 15) is 0 Å². The fourth-order valence-electron chi connectivity index (χ4n) is 3.50. The van der Waals surface area contributed by atoms with Crippen molar-refractivity contribution < 1.29 is 4.74 Å². The van der Waals surface area contributed by atoms with E-state index in [0.717, 1.165) is 12.4 Å². The highest BCUT2D eigenvalue weighted by molar-refractivity contribution is 5.41. The summed E-state index contributed by atoms with van der Waals surface area (Å²) in [5.74, 6) is 1.10. The molecule has 1 aromatic carbocycles. The summed E-state index contributed by atoms with van der Waals surface area (Å²) in [6.07, 6.45) is 7.59. The lowest BCUT2D eigenvalue weighted by Gasteiger charge is -2.27. The van der Waals surface area contributed by atoms with Crippen molar-refractivity contribution in [3.8, 4) is 5.75 Å². The van der Waals surface area contributed by atoms with E-state index in [2.05, 4.69) is 23.1 Å². The van der Waals surface area contributed by atoms with Gasteiger partial charge in [-0.2, -0.15) is 0 Å². The van der Waals surface area contributed by atoms with Gasteiger partial charge in [0.1, 0.15) is 12.4 Å². The summed E-state index contributed by atoms with van der Waals surface area (Å²) < 4.78 is 6.15. The van der Waals surface area contributed by atoms with Crippen molar-refractivity contribution in [1.82, 2.24) is 4.90 Å². The summed E-state index contributed by atoms with van der Waals surface area (Å²) >= 11 is 0. The standard InChI is InChI=1S/C17H26N2O/c18-12-15(19-10-3-4-11-19)13-20-17-9-5-7-14-6-1-2-8-16(14)17/h5,7,9,15H,1-4,6,8,10-13,18H2. The Morgan fingerprint density at radius 2 is 1.90 bits per heavy atom. The first kappa shape index (κ1) is 13.9. The van der Waals surface area contributed by atoms with Crippen molar-refractivity contribution in [1.29, 1.82) is 0 Å². The van der Waals surface area contributed by atoms with Gasteiger partial charge in [0.15, 0.2) is 0 Å². The average Bonchev–Trinajstić information content (AvgIpc) is 3.02. The van der Waals surface area contributed by atoms with Crippen LogP contribution in [-0.4, -0.2) is 37.2 Å². The van der Waals surface area contributed by atoms with Crippen molar-refractivity contribution >= 4 is 0 Å². The second kappa shape index (κ2) is 6.59. The molecule has 1 aromatic rings. The number of nitrogens with two attached hydrogens (primary N) is 1. The highest BCUT2D eigenvalue weighted by Gasteiger charge is 2.22. The Labute approximate surface area is 122 Å². The molecule has 1 atom stereocenters. The zero-order chi connectivity index (χ0) is 13.8. The normalized spacial score (nSPS) is 20.6. The molecular formula is C17H26N2O. The molecule has 1 fully saturated rings. The predicted octanol–water partition coefficient (Wildman–Crippen LogP) is 2.37. The topological polar surface area (TPSA) is 38.5 Å². The van der Waals surface area contributed by atoms with E-state index in [1.807, 2.05) is 0 Å². The van der Waals surface area contributed by atoms with E-state index in [4.69, 9.17) is 10.5 Å². The van der Waals surface area contributed by atoms with Gasteiger partial charge in [0, 0.05) is 6.54 Å². The number of benzene rings is 1. The molecule has 20 heavy (non-hydrogen) atoms. The molecule has 3 heteroatoms. The molecular weight excluding hydrogens is 248 g/mol. The highest BCUT2D eigenvalue weighted by atomic mass is 16.5. The Bertz CT molecular complexity index is 441. The van der Waals surface area contributed by atoms with Crippen LogP contribution in [0.1, 0.15) is 36.8 Å². The number of rotatable bonds is 5. The van der Waals surface area contributed by atoms with Crippen LogP contribution >= 0.6 is 0 Å². The van der Waals surface area contributed by atoms with E-state index >= 15 is 0 Å². The summed E-state index contributed by atoms with van der Waals surface area (Å²) in [6, 6.07) is 6.88. The number of fused-ring (bicyclic) bond motifs is 1. The van der Waals surface area contributed by atoms with Crippen molar-refractivity contribution in [2.75, 3.05) is 26.2 Å². The number of hydrogen-bond donors (Lipinski definition) is 1. The van der Waals surface area contributed by atoms with E-state index in [1.165, 1.54) is 62.7 Å². The van der Waals surface area contributed by atoms with Crippen molar-refractivity contribution in [2.45, 2.75) is 44.6 Å². The molecule has 0 amide bonds. The third-order valence-corrected chi connectivity index (χ3v) is 4.71. The van der Waals surface area contributed by atoms with Crippen LogP contribution in [-0.2, 0) is 12.8 Å². The maximum Gasteiger partial charge on any atom is 0.122 e. The molecule has 1 aliphatic carbocycles. The van der Waals surface area contributed by atoms with Crippen LogP contribution in [0.5, 0.6) is 5.75 Å². The van der Waals surface area contributed by atoms with Crippen LogP contribution in [0.25, 0.3) is 0 Å². The number of nitrogens with zero attached hydrogens (tertiary/aromatic N) is 1. The quantitative estimate of drug-likeness (QED) is 0.896. The first-order chi connectivity index (χ1) is 9.88. The van der Waals surface area contributed by atoms with Crippen LogP contribution in [0.3, 0.4) is 0 Å². The van der Waals surface area contributed by atoms with E-state index < -0.39 is 0 Å². The minimum absolute atomic E-state index is 0.372. The van der Waals surface area contributed by atoms with Crippen LogP contribution in [0.2, 0.25) is 0 Å². The molecule has 0 saturated carbocycles. The summed E-state index contributed by atoms with van der Waals surface area (Å²) in [5.41, 5.74) is 8.86. The fraction of sp³-hybridized carbons (Fsp3) is 0.647. The molecule has 2 aliphatic rings. The number of aryl methyl sites for hydroxylation is 1. The summed E-state index contributed by atoms with van der Waals surface area (Å²) in [6.45, 7) is 3.78. The minimum Gasteiger partial charge on any atom is -0.492 e. The monoisotopic (exact) mass is 274 g/mol. The molecule has 0 spiro atoms. The second-order valence-electron chi connectivity index (χ2n) is 6.04. The van der Waals surface area contributed by atoms with Gasteiger partial charge in [-0.05, 0) is 68.8 Å². The largest absolute Gasteiger partial charge is 0.492 e. The minimum atomic E-state index is 0.372. The molecule has 3 rings (SSSR count). The maximum absolute atomic E-state index is 6.15. The predicted molar refractivity (Wildman–Crippen MR) is 82.2 cm³/mol. The zero-order valence-corrected chi connectivity index (χ0v) is 12.3. The first-order valence-corrected chi connectivity index (χ1v) is 8.06. The van der Waals surface area contributed by atoms with Gasteiger partial charge in [0.25, 0.3) is 0 Å². The molecule has 3 nitrogen and oxygen atoms in total. The molecule has 1 saturated heterocycles. The smallest absolute Gasteiger partial charge is 0.122 e. The van der Waals surface area contributed by atoms with Gasteiger partial charge in [-0.25, -0.2) is 0 Å². The summed E-state index contributed by atoms with van der Waals surface area (Å²) in [7, 11) is 0. The number of hydrogen-bond acceptors (Lipinski definition) is 3. The fourth-order valence-corrected chi connectivity index (χ4v) is 3.50. The lowest BCUT2D eigenvalue weighted by Crippen LogP contribution is -2.42. The van der Waals surface area contributed by atoms with Gasteiger partial charge < -0.3 is 10.5 Å². The Hall–Kier alpha value is -1.06. The maximum atomic E-state index is 6.15. The molecule has 1 unspecified atom stereocenters. The molecule has 0 bridgehead atoms. The van der Waals surface area contributed by atoms with Gasteiger partial charge in [0.05, 0.1) is 6.04 Å². The van der Waals surface area contributed by atoms with E-state index in [1.54, 1.807) is 0 Å². The van der Waals surface area contributed by atoms with E-state index in [0.29, 0.717) is 12.6 Å². The third kappa shape index (κ3) is 2.99. The molecule has 0 radical (unpaired) electrons. The average molecular weight is 274 g/mol. The second-order valence-corrected chi connectivity index (χ2v) is 6.04. The highest BCUT2D eigenvalue weighted by Crippen LogP contribution is 2.29. The Morgan fingerprint density at radius 3 is 2.70 bits per heavy atom. The first-order valence-electron chi connectivity index (χ1n) is 8.06. The number of ether oxygens (including phenoxy) is 1. The van der Waals surface area contributed by atoms with Crippen LogP contribution in [0.15, 0.2) is 18.2 Å². The lowest BCUT2D eigenvalue weighted by atomic mass is 9.91. The van der Waals surface area contributed by atoms with Gasteiger partial charge in [0.2, 0.25) is 0 Å². The van der Waals surface area contributed by atoms with Gasteiger partial charge in [-0.3, -0.25) is 4.90 Å². The van der Waals surface area contributed by atoms with Crippen LogP contribution in [0.4, 0.5) is 0 Å². The van der Waals surface area contributed by atoms with Crippen LogP contribution < -0.4 is 10.5 Å².